The third-order valence-electron chi connectivity index (χ3n) is 4.50. The summed E-state index contributed by atoms with van der Waals surface area (Å²) < 4.78 is 2.97. The van der Waals surface area contributed by atoms with E-state index in [0.29, 0.717) is 0 Å². The lowest BCUT2D eigenvalue weighted by atomic mass is 10.2. The molecule has 0 fully saturated rings. The van der Waals surface area contributed by atoms with Crippen LogP contribution in [0.25, 0.3) is 0 Å². The van der Waals surface area contributed by atoms with E-state index in [1.165, 1.54) is 16.7 Å². The topological polar surface area (TPSA) is 0 Å². The maximum atomic E-state index is 2.20. The van der Waals surface area contributed by atoms with E-state index in [4.69, 9.17) is 0 Å². The molecule has 3 aromatic carbocycles. The lowest BCUT2D eigenvalue weighted by Crippen LogP contribution is -3.00. The van der Waals surface area contributed by atoms with Crippen molar-refractivity contribution in [1.82, 2.24) is 0 Å². The molecule has 0 heterocycles. The van der Waals surface area contributed by atoms with Gasteiger partial charge in [0.1, 0.15) is 19.6 Å². The van der Waals surface area contributed by atoms with Crippen LogP contribution < -0.4 is 14.1 Å². The Morgan fingerprint density at radius 1 is 0.333 bits per heavy atom. The molecule has 0 aromatic heterocycles. The van der Waals surface area contributed by atoms with Crippen molar-refractivity contribution in [3.05, 3.63) is 108 Å². The van der Waals surface area contributed by atoms with Crippen molar-refractivity contribution in [2.45, 2.75) is 19.6 Å². The fourth-order valence-corrected chi connectivity index (χ4v) is 3.39. The second kappa shape index (κ2) is 17.7. The summed E-state index contributed by atoms with van der Waals surface area (Å²) in [6.07, 6.45) is 0. The molecule has 0 aliphatic carbocycles. The highest BCUT2D eigenvalue weighted by Crippen LogP contribution is 2.06. The molecule has 0 aliphatic heterocycles. The Bertz CT molecular complexity index is 762. The molecule has 0 bridgehead atoms. The van der Waals surface area contributed by atoms with Gasteiger partial charge in [-0.3, -0.25) is 0 Å². The molecule has 3 nitrogen and oxygen atoms in total. The first-order chi connectivity index (χ1) is 15.2. The number of benzene rings is 3. The van der Waals surface area contributed by atoms with Crippen molar-refractivity contribution in [1.29, 1.82) is 0 Å². The van der Waals surface area contributed by atoms with Gasteiger partial charge in [0.2, 0.25) is 0 Å². The molecule has 0 unspecified atom stereocenters. The summed E-state index contributed by atoms with van der Waals surface area (Å²) >= 11 is 0. The average molecular weight is 508 g/mol. The molecule has 3 rings (SSSR count). The second-order valence-corrected chi connectivity index (χ2v) is 11.8. The monoisotopic (exact) mass is 507 g/mol. The number of rotatable bonds is 6. The molecular formula is C30H48F3N3. The maximum Gasteiger partial charge on any atom is 0.104 e. The molecule has 0 saturated heterocycles. The van der Waals surface area contributed by atoms with Crippen LogP contribution in [-0.2, 0) is 19.6 Å². The Labute approximate surface area is 218 Å². The number of quaternary nitrogens is 3. The lowest BCUT2D eigenvalue weighted by Gasteiger charge is -2.23. The van der Waals surface area contributed by atoms with Gasteiger partial charge in [-0.25, -0.2) is 0 Å². The third kappa shape index (κ3) is 21.8. The number of halogens is 3. The smallest absolute Gasteiger partial charge is 0.104 e. The number of nitrogens with zero attached hydrogens (tertiary/aromatic N) is 3. The molecule has 3 aromatic rings. The van der Waals surface area contributed by atoms with Crippen LogP contribution >= 0.6 is 0 Å². The molecular weight excluding hydrogens is 459 g/mol. The SMILES string of the molecule is C[N+](C)(C)Cc1ccccc1.C[N+](C)(C)Cc1ccccc1.C[N+](C)(C)Cc1ccccc1.[F-].[F-].[F-]. The molecule has 36 heavy (non-hydrogen) atoms. The van der Waals surface area contributed by atoms with Gasteiger partial charge in [0.15, 0.2) is 0 Å². The Morgan fingerprint density at radius 2 is 0.500 bits per heavy atom. The summed E-state index contributed by atoms with van der Waals surface area (Å²) in [5.41, 5.74) is 4.21. The quantitative estimate of drug-likeness (QED) is 0.307. The van der Waals surface area contributed by atoms with Crippen LogP contribution in [-0.4, -0.2) is 76.9 Å². The van der Waals surface area contributed by atoms with Crippen LogP contribution in [0.4, 0.5) is 0 Å². The minimum atomic E-state index is 0. The average Bonchev–Trinajstić information content (AvgIpc) is 2.67. The highest BCUT2D eigenvalue weighted by molar-refractivity contribution is 5.14. The molecule has 0 spiro atoms. The van der Waals surface area contributed by atoms with E-state index < -0.39 is 0 Å². The first kappa shape index (κ1) is 37.9. The Kier molecular flexibility index (Phi) is 18.6. The van der Waals surface area contributed by atoms with Crippen molar-refractivity contribution in [3.8, 4) is 0 Å². The molecule has 0 amide bonds. The molecule has 204 valence electrons. The largest absolute Gasteiger partial charge is 1.00 e. The normalized spacial score (nSPS) is 10.6. The van der Waals surface area contributed by atoms with Crippen LogP contribution in [0.3, 0.4) is 0 Å². The van der Waals surface area contributed by atoms with Gasteiger partial charge in [-0.1, -0.05) is 91.0 Å². The predicted octanol–water partition coefficient (Wildman–Crippen LogP) is -3.31. The lowest BCUT2D eigenvalue weighted by molar-refractivity contribution is -0.884. The van der Waals surface area contributed by atoms with Crippen LogP contribution in [0.2, 0.25) is 0 Å². The second-order valence-electron chi connectivity index (χ2n) is 11.8. The Morgan fingerprint density at radius 3 is 0.639 bits per heavy atom. The fraction of sp³-hybridized carbons (Fsp3) is 0.400. The molecule has 0 N–H and O–H groups in total. The summed E-state index contributed by atoms with van der Waals surface area (Å²) in [5, 5.41) is 0. The third-order valence-corrected chi connectivity index (χ3v) is 4.50. The predicted molar refractivity (Wildman–Crippen MR) is 145 cm³/mol. The zero-order valence-electron chi connectivity index (χ0n) is 23.8. The van der Waals surface area contributed by atoms with E-state index in [9.17, 15) is 0 Å². The van der Waals surface area contributed by atoms with Crippen LogP contribution in [0.5, 0.6) is 0 Å². The van der Waals surface area contributed by atoms with Gasteiger partial charge in [0.25, 0.3) is 0 Å². The van der Waals surface area contributed by atoms with Gasteiger partial charge in [-0.15, -0.1) is 0 Å². The Hall–Kier alpha value is -2.67. The summed E-state index contributed by atoms with van der Waals surface area (Å²) in [6, 6.07) is 31.7. The zero-order valence-corrected chi connectivity index (χ0v) is 23.8. The minimum absolute atomic E-state index is 0. The van der Waals surface area contributed by atoms with Gasteiger partial charge in [0.05, 0.1) is 63.4 Å². The molecule has 0 aliphatic rings. The first-order valence-corrected chi connectivity index (χ1v) is 11.8. The van der Waals surface area contributed by atoms with Gasteiger partial charge >= 0.3 is 0 Å². The maximum absolute atomic E-state index is 2.20. The number of hydrogen-bond acceptors (Lipinski definition) is 0. The van der Waals surface area contributed by atoms with Crippen LogP contribution in [0, 0.1) is 0 Å². The molecule has 0 radical (unpaired) electrons. The van der Waals surface area contributed by atoms with Crippen LogP contribution in [0.1, 0.15) is 16.7 Å². The highest BCUT2D eigenvalue weighted by Gasteiger charge is 2.08. The van der Waals surface area contributed by atoms with E-state index in [-0.39, 0.29) is 14.1 Å². The van der Waals surface area contributed by atoms with Crippen molar-refractivity contribution in [2.24, 2.45) is 0 Å². The van der Waals surface area contributed by atoms with Gasteiger partial charge < -0.3 is 27.6 Å². The molecule has 6 heteroatoms. The van der Waals surface area contributed by atoms with Crippen LogP contribution in [0.15, 0.2) is 91.0 Å². The van der Waals surface area contributed by atoms with Crippen molar-refractivity contribution < 1.29 is 27.6 Å². The zero-order chi connectivity index (χ0) is 25.0. The summed E-state index contributed by atoms with van der Waals surface area (Å²) in [7, 11) is 19.8. The fourth-order valence-electron chi connectivity index (χ4n) is 3.39. The standard InChI is InChI=1S/3C10H16N.3FH/c3*1-11(2,3)9-10-7-5-4-6-8-10;;;/h3*4-8H,9H2,1-3H3;3*1H/q3*+1;;;/p-3. The van der Waals surface area contributed by atoms with Gasteiger partial charge in [-0.2, -0.15) is 0 Å². The molecule has 0 saturated carbocycles. The van der Waals surface area contributed by atoms with E-state index in [2.05, 4.69) is 154 Å². The summed E-state index contributed by atoms with van der Waals surface area (Å²) in [6.45, 7) is 3.29. The van der Waals surface area contributed by atoms with Crippen molar-refractivity contribution >= 4 is 0 Å². The van der Waals surface area contributed by atoms with E-state index in [0.717, 1.165) is 33.1 Å². The minimum Gasteiger partial charge on any atom is -1.00 e. The van der Waals surface area contributed by atoms with Crippen molar-refractivity contribution in [3.63, 3.8) is 0 Å². The summed E-state index contributed by atoms with van der Waals surface area (Å²) in [4.78, 5) is 0. The van der Waals surface area contributed by atoms with E-state index >= 15 is 0 Å². The Balaban J connectivity index is -0.000000436. The van der Waals surface area contributed by atoms with Gasteiger partial charge in [0, 0.05) is 16.7 Å². The highest BCUT2D eigenvalue weighted by atomic mass is 19.0. The van der Waals surface area contributed by atoms with E-state index in [1.54, 1.807) is 0 Å². The first-order valence-electron chi connectivity index (χ1n) is 11.8. The van der Waals surface area contributed by atoms with Gasteiger partial charge in [-0.05, 0) is 0 Å². The number of hydrogen-bond donors (Lipinski definition) is 0. The van der Waals surface area contributed by atoms with Crippen molar-refractivity contribution in [2.75, 3.05) is 63.4 Å². The molecule has 0 atom stereocenters. The van der Waals surface area contributed by atoms with E-state index in [1.807, 2.05) is 0 Å². The summed E-state index contributed by atoms with van der Waals surface area (Å²) in [5.74, 6) is 0.